The molecular weight excluding hydrogens is 476 g/mol. The summed E-state index contributed by atoms with van der Waals surface area (Å²) in [6.07, 6.45) is 1.58. The zero-order chi connectivity index (χ0) is 27.2. The second-order valence-corrected chi connectivity index (χ2v) is 10.3. The highest BCUT2D eigenvalue weighted by atomic mass is 16.6. The summed E-state index contributed by atoms with van der Waals surface area (Å²) in [6.45, 7) is 11.9. The minimum Gasteiger partial charge on any atom is -0.507 e. The summed E-state index contributed by atoms with van der Waals surface area (Å²) in [4.78, 5) is 38.1. The molecule has 196 valence electrons. The van der Waals surface area contributed by atoms with Crippen LogP contribution in [-0.2, 0) is 20.7 Å². The molecule has 0 spiro atoms. The van der Waals surface area contributed by atoms with Crippen LogP contribution in [0.2, 0.25) is 0 Å². The van der Waals surface area contributed by atoms with Crippen molar-refractivity contribution in [2.45, 2.75) is 66.6 Å². The van der Waals surface area contributed by atoms with Gasteiger partial charge in [0.1, 0.15) is 40.3 Å². The molecule has 0 fully saturated rings. The van der Waals surface area contributed by atoms with E-state index < -0.39 is 35.3 Å². The maximum Gasteiger partial charge on any atom is 0.308 e. The maximum absolute atomic E-state index is 14.1. The fourth-order valence-electron chi connectivity index (χ4n) is 5.01. The number of rotatable bonds is 5. The first kappa shape index (κ1) is 26.3. The van der Waals surface area contributed by atoms with Gasteiger partial charge in [-0.1, -0.05) is 17.7 Å². The molecule has 0 saturated carbocycles. The molecule has 2 aromatic carbocycles. The van der Waals surface area contributed by atoms with E-state index in [0.29, 0.717) is 28.9 Å². The number of phenols is 1. The molecule has 0 aromatic heterocycles. The monoisotopic (exact) mass is 508 g/mol. The quantitative estimate of drug-likeness (QED) is 0.336. The van der Waals surface area contributed by atoms with Crippen LogP contribution >= 0.6 is 0 Å². The molecule has 2 aliphatic heterocycles. The summed E-state index contributed by atoms with van der Waals surface area (Å²) >= 11 is 0. The molecule has 8 heteroatoms. The third-order valence-corrected chi connectivity index (χ3v) is 6.74. The molecule has 8 nitrogen and oxygen atoms in total. The predicted octanol–water partition coefficient (Wildman–Crippen LogP) is 5.15. The molecule has 37 heavy (non-hydrogen) atoms. The molecule has 2 aromatic rings. The van der Waals surface area contributed by atoms with Gasteiger partial charge in [0.05, 0.1) is 23.7 Å². The van der Waals surface area contributed by atoms with Gasteiger partial charge in [0.15, 0.2) is 0 Å². The number of hydrogen-bond acceptors (Lipinski definition) is 8. The normalized spacial score (nSPS) is 17.9. The fourth-order valence-corrected chi connectivity index (χ4v) is 5.01. The fraction of sp³-hybridized carbons (Fsp3) is 0.414. The summed E-state index contributed by atoms with van der Waals surface area (Å²) in [5, 5.41) is 11.2. The molecule has 0 aliphatic carbocycles. The molecule has 2 aliphatic rings. The first-order valence-corrected chi connectivity index (χ1v) is 12.2. The Labute approximate surface area is 216 Å². The highest BCUT2D eigenvalue weighted by Crippen LogP contribution is 2.53. The molecule has 0 saturated heterocycles. The second-order valence-electron chi connectivity index (χ2n) is 10.3. The topological polar surface area (TPSA) is 108 Å². The zero-order valence-electron chi connectivity index (χ0n) is 22.2. The van der Waals surface area contributed by atoms with Gasteiger partial charge in [-0.15, -0.1) is 0 Å². The van der Waals surface area contributed by atoms with Crippen LogP contribution in [0.5, 0.6) is 23.0 Å². The van der Waals surface area contributed by atoms with Crippen LogP contribution in [0.25, 0.3) is 0 Å². The lowest BCUT2D eigenvalue weighted by molar-refractivity contribution is -0.166. The lowest BCUT2D eigenvalue weighted by atomic mass is 9.78. The van der Waals surface area contributed by atoms with Gasteiger partial charge in [-0.05, 0) is 64.3 Å². The van der Waals surface area contributed by atoms with Crippen molar-refractivity contribution in [2.75, 3.05) is 6.61 Å². The number of fused-ring (bicyclic) bond motifs is 1. The van der Waals surface area contributed by atoms with Gasteiger partial charge in [-0.2, -0.15) is 0 Å². The van der Waals surface area contributed by atoms with E-state index in [1.165, 1.54) is 13.8 Å². The van der Waals surface area contributed by atoms with Gasteiger partial charge in [-0.3, -0.25) is 14.4 Å². The van der Waals surface area contributed by atoms with E-state index in [2.05, 4.69) is 0 Å². The Bertz CT molecular complexity index is 1330. The first-order chi connectivity index (χ1) is 17.3. The maximum atomic E-state index is 14.1. The van der Waals surface area contributed by atoms with Crippen molar-refractivity contribution in [3.63, 3.8) is 0 Å². The van der Waals surface area contributed by atoms with E-state index in [-0.39, 0.29) is 35.0 Å². The van der Waals surface area contributed by atoms with Crippen molar-refractivity contribution < 1.29 is 38.4 Å². The molecule has 0 amide bonds. The van der Waals surface area contributed by atoms with Crippen LogP contribution < -0.4 is 14.2 Å². The number of aryl methyl sites for hydroxylation is 1. The van der Waals surface area contributed by atoms with E-state index in [0.717, 1.165) is 5.57 Å². The smallest absolute Gasteiger partial charge is 0.308 e. The Morgan fingerprint density at radius 1 is 1.14 bits per heavy atom. The van der Waals surface area contributed by atoms with Gasteiger partial charge in [0, 0.05) is 13.8 Å². The molecule has 2 atom stereocenters. The predicted molar refractivity (Wildman–Crippen MR) is 135 cm³/mol. The van der Waals surface area contributed by atoms with Gasteiger partial charge >= 0.3 is 11.9 Å². The van der Waals surface area contributed by atoms with Crippen molar-refractivity contribution in [2.24, 2.45) is 5.92 Å². The highest BCUT2D eigenvalue weighted by molar-refractivity contribution is 6.16. The number of esters is 2. The zero-order valence-corrected chi connectivity index (χ0v) is 22.2. The average molecular weight is 509 g/mol. The number of benzene rings is 2. The Balaban J connectivity index is 2.01. The number of carbonyl (C=O) groups excluding carboxylic acids is 3. The molecule has 1 N–H and O–H groups in total. The lowest BCUT2D eigenvalue weighted by Gasteiger charge is -2.42. The lowest BCUT2D eigenvalue weighted by Crippen LogP contribution is -2.46. The average Bonchev–Trinajstić information content (AvgIpc) is 2.90. The number of aromatic hydroxyl groups is 1. The summed E-state index contributed by atoms with van der Waals surface area (Å²) < 4.78 is 23.7. The van der Waals surface area contributed by atoms with Crippen LogP contribution in [0.3, 0.4) is 0 Å². The molecule has 4 rings (SSSR count). The van der Waals surface area contributed by atoms with Crippen molar-refractivity contribution in [1.82, 2.24) is 0 Å². The van der Waals surface area contributed by atoms with Crippen molar-refractivity contribution in [3.8, 4) is 23.0 Å². The van der Waals surface area contributed by atoms with Gasteiger partial charge in [0.25, 0.3) is 0 Å². The van der Waals surface area contributed by atoms with Crippen LogP contribution in [0.1, 0.15) is 80.3 Å². The van der Waals surface area contributed by atoms with Crippen LogP contribution in [0.4, 0.5) is 0 Å². The van der Waals surface area contributed by atoms with Crippen LogP contribution in [0, 0.1) is 12.8 Å². The minimum absolute atomic E-state index is 0.0162. The SMILES string of the molecule is CC(=O)Oc1cc(C)c2c3c1C(=O)c1c(ccc(CC=C(C)C)c1O)OC3C(C(C)(C)OC(C)=O)CO2. The minimum atomic E-state index is -1.03. The Hall–Kier alpha value is -3.81. The van der Waals surface area contributed by atoms with Crippen LogP contribution in [0.15, 0.2) is 29.8 Å². The third kappa shape index (κ3) is 4.80. The van der Waals surface area contributed by atoms with E-state index in [1.54, 1.807) is 39.0 Å². The standard InChI is InChI=1S/C29H32O8/c1-14(2)8-9-18-10-11-20-23(25(18)32)26(33)22-21(35-16(4)30)12-15(3)27-24(22)28(36-20)19(13-34-27)29(6,7)37-17(5)31/h8,10-12,19,28,32H,9,13H2,1-7H3. The van der Waals surface area contributed by atoms with E-state index >= 15 is 0 Å². The van der Waals surface area contributed by atoms with Crippen LogP contribution in [-0.4, -0.2) is 35.0 Å². The van der Waals surface area contributed by atoms with E-state index in [4.69, 9.17) is 18.9 Å². The van der Waals surface area contributed by atoms with Crippen molar-refractivity contribution in [1.29, 1.82) is 0 Å². The molecule has 0 bridgehead atoms. The van der Waals surface area contributed by atoms with E-state index in [9.17, 15) is 19.5 Å². The number of ether oxygens (including phenoxy) is 4. The van der Waals surface area contributed by atoms with Gasteiger partial charge < -0.3 is 24.1 Å². The van der Waals surface area contributed by atoms with Gasteiger partial charge in [0.2, 0.25) is 5.78 Å². The highest BCUT2D eigenvalue weighted by Gasteiger charge is 2.49. The Morgan fingerprint density at radius 2 is 1.84 bits per heavy atom. The van der Waals surface area contributed by atoms with Crippen molar-refractivity contribution >= 4 is 17.7 Å². The first-order valence-electron chi connectivity index (χ1n) is 12.2. The van der Waals surface area contributed by atoms with E-state index in [1.807, 2.05) is 19.9 Å². The number of carbonyl (C=O) groups is 3. The third-order valence-electron chi connectivity index (χ3n) is 6.74. The van der Waals surface area contributed by atoms with Crippen molar-refractivity contribution in [3.05, 3.63) is 57.7 Å². The molecule has 2 unspecified atom stereocenters. The molecular formula is C29H32O8. The largest absolute Gasteiger partial charge is 0.507 e. The number of ketones is 1. The summed E-state index contributed by atoms with van der Waals surface area (Å²) in [6, 6.07) is 4.97. The number of allylic oxidation sites excluding steroid dienone is 2. The Morgan fingerprint density at radius 3 is 2.46 bits per heavy atom. The molecule has 2 heterocycles. The van der Waals surface area contributed by atoms with Gasteiger partial charge in [-0.25, -0.2) is 0 Å². The molecule has 0 radical (unpaired) electrons. The number of hydrogen-bond donors (Lipinski definition) is 1. The number of phenolic OH excluding ortho intramolecular Hbond substituents is 1. The summed E-state index contributed by atoms with van der Waals surface area (Å²) in [7, 11) is 0. The summed E-state index contributed by atoms with van der Waals surface area (Å²) in [5.41, 5.74) is 1.71. The summed E-state index contributed by atoms with van der Waals surface area (Å²) in [5.74, 6) is -1.65. The second kappa shape index (κ2) is 9.57. The Kier molecular flexibility index (Phi) is 6.79.